The third kappa shape index (κ3) is 4.16. The van der Waals surface area contributed by atoms with E-state index >= 15 is 0 Å². The third-order valence-corrected chi connectivity index (χ3v) is 9.02. The number of rotatable bonds is 5. The van der Waals surface area contributed by atoms with Crippen molar-refractivity contribution in [3.05, 3.63) is 137 Å². The van der Waals surface area contributed by atoms with Gasteiger partial charge in [-0.25, -0.2) is 0 Å². The lowest BCUT2D eigenvalue weighted by Gasteiger charge is -2.22. The number of benzene rings is 6. The van der Waals surface area contributed by atoms with Crippen molar-refractivity contribution in [1.82, 2.24) is 0 Å². The molecule has 0 amide bonds. The van der Waals surface area contributed by atoms with E-state index in [-0.39, 0.29) is 0 Å². The Labute approximate surface area is 241 Å². The predicted molar refractivity (Wildman–Crippen MR) is 193 cm³/mol. The molecule has 0 unspecified atom stereocenters. The molecule has 5 heteroatoms. The SMILES string of the molecule is BC/C(B)=C(B)\C(B)=C(\B)C(=C)c1c2ccccc2c(-c2cc3ccccc3c3ccccc23)c2ccccc12. The van der Waals surface area contributed by atoms with Crippen molar-refractivity contribution in [2.75, 3.05) is 0 Å². The first-order valence-corrected chi connectivity index (χ1v) is 14.3. The van der Waals surface area contributed by atoms with E-state index in [1.165, 1.54) is 81.7 Å². The molecule has 0 aliphatic heterocycles. The number of hydrogen-bond acceptors (Lipinski definition) is 0. The van der Waals surface area contributed by atoms with Crippen LogP contribution in [-0.4, -0.2) is 39.2 Å². The van der Waals surface area contributed by atoms with Gasteiger partial charge in [-0.1, -0.05) is 115 Å². The van der Waals surface area contributed by atoms with Crippen molar-refractivity contribution < 1.29 is 0 Å². The molecule has 0 nitrogen and oxygen atoms in total. The van der Waals surface area contributed by atoms with Crippen LogP contribution < -0.4 is 0 Å². The molecule has 0 bridgehead atoms. The quantitative estimate of drug-likeness (QED) is 0.134. The Hall–Kier alpha value is -4.10. The van der Waals surface area contributed by atoms with Crippen molar-refractivity contribution in [2.24, 2.45) is 0 Å². The second-order valence-electron chi connectivity index (χ2n) is 11.0. The van der Waals surface area contributed by atoms with Crippen LogP contribution in [0.15, 0.2) is 132 Å². The van der Waals surface area contributed by atoms with E-state index in [0.717, 1.165) is 11.9 Å². The van der Waals surface area contributed by atoms with Gasteiger partial charge < -0.3 is 0 Å². The highest BCUT2D eigenvalue weighted by Gasteiger charge is 2.20. The highest BCUT2D eigenvalue weighted by molar-refractivity contribution is 6.47. The lowest BCUT2D eigenvalue weighted by molar-refractivity contribution is 1.58. The monoisotopic (exact) mass is 506 g/mol. The van der Waals surface area contributed by atoms with Gasteiger partial charge in [0.1, 0.15) is 39.2 Å². The van der Waals surface area contributed by atoms with Crippen molar-refractivity contribution in [1.29, 1.82) is 0 Å². The molecule has 6 aromatic carbocycles. The van der Waals surface area contributed by atoms with Gasteiger partial charge in [0.15, 0.2) is 0 Å². The zero-order valence-corrected chi connectivity index (χ0v) is 24.2. The largest absolute Gasteiger partial charge is 0.139 e. The third-order valence-electron chi connectivity index (χ3n) is 9.02. The minimum absolute atomic E-state index is 1.06. The van der Waals surface area contributed by atoms with Gasteiger partial charge in [0.05, 0.1) is 0 Å². The first-order valence-electron chi connectivity index (χ1n) is 14.3. The summed E-state index contributed by atoms with van der Waals surface area (Å²) in [6, 6.07) is 37.8. The molecule has 186 valence electrons. The van der Waals surface area contributed by atoms with Gasteiger partial charge in [0, 0.05) is 0 Å². The summed E-state index contributed by atoms with van der Waals surface area (Å²) in [5.74, 6) is 0. The normalized spacial score (nSPS) is 13.0. The summed E-state index contributed by atoms with van der Waals surface area (Å²) >= 11 is 0. The van der Waals surface area contributed by atoms with Crippen LogP contribution in [0.5, 0.6) is 0 Å². The molecule has 0 saturated carbocycles. The molecule has 0 radical (unpaired) electrons. The lowest BCUT2D eigenvalue weighted by atomic mass is 9.62. The first-order chi connectivity index (χ1) is 19.4. The van der Waals surface area contributed by atoms with Crippen LogP contribution in [0, 0.1) is 0 Å². The van der Waals surface area contributed by atoms with Crippen molar-refractivity contribution in [3.63, 3.8) is 0 Å². The Bertz CT molecular complexity index is 1990. The summed E-state index contributed by atoms with van der Waals surface area (Å²) < 4.78 is 0. The standard InChI is InChI=1S/C35H31B5/c1-20(33(38)35(40)34(39)30(37)19-36)31-25-14-6-8-16-27(25)32(28-17-9-7-15-26(28)31)29-18-21-10-2-3-11-22(21)23-12-4-5-13-24(23)29/h2-18H,1,19,36-40H2/b34-30-,35-33-. The lowest BCUT2D eigenvalue weighted by Crippen LogP contribution is -2.03. The minimum Gasteiger partial charge on any atom is -0.124 e. The Morgan fingerprint density at radius 2 is 1.00 bits per heavy atom. The molecule has 0 aliphatic rings. The average Bonchev–Trinajstić information content (AvgIpc) is 3.01. The molecule has 6 aromatic rings. The van der Waals surface area contributed by atoms with Gasteiger partial charge in [-0.15, -0.1) is 16.4 Å². The van der Waals surface area contributed by atoms with Gasteiger partial charge in [0.25, 0.3) is 0 Å². The zero-order valence-electron chi connectivity index (χ0n) is 24.2. The second kappa shape index (κ2) is 10.5. The van der Waals surface area contributed by atoms with E-state index in [4.69, 9.17) is 6.58 Å². The highest BCUT2D eigenvalue weighted by atomic mass is 14.2. The maximum absolute atomic E-state index is 4.73. The van der Waals surface area contributed by atoms with Crippen LogP contribution in [0.2, 0.25) is 6.32 Å². The van der Waals surface area contributed by atoms with Crippen LogP contribution in [0.1, 0.15) is 5.56 Å². The molecule has 6 rings (SSSR count). The van der Waals surface area contributed by atoms with E-state index in [0.29, 0.717) is 0 Å². The molecular weight excluding hydrogens is 474 g/mol. The summed E-state index contributed by atoms with van der Waals surface area (Å²) in [6.45, 7) is 4.73. The molecule has 0 spiro atoms. The number of fused-ring (bicyclic) bond motifs is 5. The van der Waals surface area contributed by atoms with Gasteiger partial charge in [0.2, 0.25) is 0 Å². The Kier molecular flexibility index (Phi) is 6.84. The van der Waals surface area contributed by atoms with Crippen LogP contribution in [0.4, 0.5) is 0 Å². The fraction of sp³-hybridized carbons (Fsp3) is 0.0286. The number of hydrogen-bond donors (Lipinski definition) is 0. The molecule has 0 heterocycles. The average molecular weight is 506 g/mol. The maximum Gasteiger partial charge on any atom is 0.139 e. The second-order valence-corrected chi connectivity index (χ2v) is 11.0. The molecule has 0 N–H and O–H groups in total. The van der Waals surface area contributed by atoms with Crippen molar-refractivity contribution >= 4 is 87.9 Å². The van der Waals surface area contributed by atoms with Gasteiger partial charge >= 0.3 is 0 Å². The van der Waals surface area contributed by atoms with Gasteiger partial charge in [-0.05, 0) is 71.4 Å². The van der Waals surface area contributed by atoms with Crippen LogP contribution >= 0.6 is 0 Å². The predicted octanol–water partition coefficient (Wildman–Crippen LogP) is 4.99. The summed E-state index contributed by atoms with van der Waals surface area (Å²) in [5, 5.41) is 10.2. The Morgan fingerprint density at radius 1 is 0.525 bits per heavy atom. The van der Waals surface area contributed by atoms with Gasteiger partial charge in [-0.2, -0.15) is 0 Å². The number of allylic oxidation sites excluding steroid dienone is 5. The van der Waals surface area contributed by atoms with Crippen LogP contribution in [0.3, 0.4) is 0 Å². The summed E-state index contributed by atoms with van der Waals surface area (Å²) in [7, 11) is 11.2. The maximum atomic E-state index is 4.73. The summed E-state index contributed by atoms with van der Waals surface area (Å²) in [6.07, 6.45) is 1.06. The van der Waals surface area contributed by atoms with E-state index in [1.54, 1.807) is 0 Å². The van der Waals surface area contributed by atoms with Crippen LogP contribution in [-0.2, 0) is 0 Å². The van der Waals surface area contributed by atoms with E-state index in [2.05, 4.69) is 142 Å². The Morgan fingerprint density at radius 3 is 1.57 bits per heavy atom. The molecule has 0 atom stereocenters. The van der Waals surface area contributed by atoms with Gasteiger partial charge in [-0.3, -0.25) is 0 Å². The molecule has 0 aromatic heterocycles. The highest BCUT2D eigenvalue weighted by Crippen LogP contribution is 2.45. The van der Waals surface area contributed by atoms with Crippen molar-refractivity contribution in [2.45, 2.75) is 6.32 Å². The molecular formula is C35H31B5. The van der Waals surface area contributed by atoms with E-state index in [1.807, 2.05) is 0 Å². The molecule has 0 saturated heterocycles. The molecule has 0 fully saturated rings. The topological polar surface area (TPSA) is 0 Å². The Balaban J connectivity index is 1.74. The summed E-state index contributed by atoms with van der Waals surface area (Å²) in [4.78, 5) is 0. The fourth-order valence-electron chi connectivity index (χ4n) is 6.29. The van der Waals surface area contributed by atoms with E-state index < -0.39 is 0 Å². The summed E-state index contributed by atoms with van der Waals surface area (Å²) in [5.41, 5.74) is 10.3. The minimum atomic E-state index is 1.06. The first kappa shape index (κ1) is 26.1. The zero-order chi connectivity index (χ0) is 28.0. The molecule has 0 aliphatic carbocycles. The fourth-order valence-corrected chi connectivity index (χ4v) is 6.29. The van der Waals surface area contributed by atoms with Crippen LogP contribution in [0.25, 0.3) is 59.8 Å². The molecule has 40 heavy (non-hydrogen) atoms. The smallest absolute Gasteiger partial charge is 0.124 e. The van der Waals surface area contributed by atoms with E-state index in [9.17, 15) is 0 Å². The van der Waals surface area contributed by atoms with Crippen molar-refractivity contribution in [3.8, 4) is 11.1 Å².